The third-order valence-corrected chi connectivity index (χ3v) is 3.17. The predicted octanol–water partition coefficient (Wildman–Crippen LogP) is 1.92. The molecule has 82 valence electrons. The molecule has 2 atom stereocenters. The van der Waals surface area contributed by atoms with E-state index in [0.717, 1.165) is 6.54 Å². The molecule has 2 heteroatoms. The first-order valence-corrected chi connectivity index (χ1v) is 5.87. The Balaban J connectivity index is 1.77. The SMILES string of the molecule is CC(NCc1ccccc1)C1CCCN1. The van der Waals surface area contributed by atoms with Gasteiger partial charge in [0.25, 0.3) is 0 Å². The minimum Gasteiger partial charge on any atom is -0.312 e. The molecule has 2 unspecified atom stereocenters. The molecule has 1 aromatic carbocycles. The van der Waals surface area contributed by atoms with Crippen LogP contribution in [0.3, 0.4) is 0 Å². The summed E-state index contributed by atoms with van der Waals surface area (Å²) in [6, 6.07) is 11.8. The molecule has 0 spiro atoms. The van der Waals surface area contributed by atoms with Gasteiger partial charge in [0.1, 0.15) is 0 Å². The number of hydrogen-bond acceptors (Lipinski definition) is 2. The third kappa shape index (κ3) is 3.05. The first-order valence-electron chi connectivity index (χ1n) is 5.87. The second-order valence-corrected chi connectivity index (χ2v) is 4.36. The van der Waals surface area contributed by atoms with Crippen molar-refractivity contribution in [1.29, 1.82) is 0 Å². The van der Waals surface area contributed by atoms with Crippen LogP contribution in [0.1, 0.15) is 25.3 Å². The Labute approximate surface area is 92.1 Å². The summed E-state index contributed by atoms with van der Waals surface area (Å²) >= 11 is 0. The van der Waals surface area contributed by atoms with Crippen molar-refractivity contribution in [3.63, 3.8) is 0 Å². The molecule has 2 nitrogen and oxygen atoms in total. The summed E-state index contributed by atoms with van der Waals surface area (Å²) in [4.78, 5) is 0. The Morgan fingerprint density at radius 3 is 2.87 bits per heavy atom. The fourth-order valence-electron chi connectivity index (χ4n) is 2.16. The normalized spacial score (nSPS) is 22.9. The van der Waals surface area contributed by atoms with Crippen LogP contribution in [0.15, 0.2) is 30.3 Å². The molecule has 1 fully saturated rings. The van der Waals surface area contributed by atoms with Gasteiger partial charge in [-0.25, -0.2) is 0 Å². The topological polar surface area (TPSA) is 24.1 Å². The molecule has 1 aromatic rings. The summed E-state index contributed by atoms with van der Waals surface area (Å²) in [7, 11) is 0. The minimum absolute atomic E-state index is 0.563. The van der Waals surface area contributed by atoms with Gasteiger partial charge in [0.2, 0.25) is 0 Å². The van der Waals surface area contributed by atoms with E-state index < -0.39 is 0 Å². The first-order chi connectivity index (χ1) is 7.36. The quantitative estimate of drug-likeness (QED) is 0.783. The first kappa shape index (κ1) is 10.7. The van der Waals surface area contributed by atoms with Crippen LogP contribution in [-0.4, -0.2) is 18.6 Å². The van der Waals surface area contributed by atoms with Crippen LogP contribution >= 0.6 is 0 Å². The van der Waals surface area contributed by atoms with Crippen molar-refractivity contribution in [2.45, 2.75) is 38.4 Å². The van der Waals surface area contributed by atoms with Crippen molar-refractivity contribution in [1.82, 2.24) is 10.6 Å². The summed E-state index contributed by atoms with van der Waals surface area (Å²) in [6.07, 6.45) is 2.63. The van der Waals surface area contributed by atoms with Gasteiger partial charge in [0.15, 0.2) is 0 Å². The van der Waals surface area contributed by atoms with Crippen molar-refractivity contribution < 1.29 is 0 Å². The van der Waals surface area contributed by atoms with Gasteiger partial charge in [0, 0.05) is 18.6 Å². The molecule has 0 saturated carbocycles. The zero-order valence-corrected chi connectivity index (χ0v) is 9.37. The summed E-state index contributed by atoms with van der Waals surface area (Å²) < 4.78 is 0. The highest BCUT2D eigenvalue weighted by Crippen LogP contribution is 2.09. The van der Waals surface area contributed by atoms with E-state index in [0.29, 0.717) is 12.1 Å². The second-order valence-electron chi connectivity index (χ2n) is 4.36. The lowest BCUT2D eigenvalue weighted by Gasteiger charge is -2.20. The lowest BCUT2D eigenvalue weighted by Crippen LogP contribution is -2.42. The third-order valence-electron chi connectivity index (χ3n) is 3.17. The van der Waals surface area contributed by atoms with E-state index in [1.165, 1.54) is 24.9 Å². The van der Waals surface area contributed by atoms with E-state index in [4.69, 9.17) is 0 Å². The molecule has 2 N–H and O–H groups in total. The van der Waals surface area contributed by atoms with Gasteiger partial charge in [-0.05, 0) is 31.9 Å². The van der Waals surface area contributed by atoms with Crippen LogP contribution in [0.5, 0.6) is 0 Å². The van der Waals surface area contributed by atoms with Gasteiger partial charge in [-0.3, -0.25) is 0 Å². The molecule has 1 aliphatic rings. The van der Waals surface area contributed by atoms with Crippen LogP contribution in [0.2, 0.25) is 0 Å². The fraction of sp³-hybridized carbons (Fsp3) is 0.538. The highest BCUT2D eigenvalue weighted by atomic mass is 15.0. The number of benzene rings is 1. The Morgan fingerprint density at radius 2 is 2.20 bits per heavy atom. The van der Waals surface area contributed by atoms with E-state index in [-0.39, 0.29) is 0 Å². The van der Waals surface area contributed by atoms with Crippen LogP contribution in [-0.2, 0) is 6.54 Å². The van der Waals surface area contributed by atoms with Gasteiger partial charge < -0.3 is 10.6 Å². The Kier molecular flexibility index (Phi) is 3.75. The molecule has 0 aromatic heterocycles. The molecule has 0 aliphatic carbocycles. The molecule has 1 heterocycles. The molecule has 15 heavy (non-hydrogen) atoms. The molecule has 0 bridgehead atoms. The Hall–Kier alpha value is -0.860. The van der Waals surface area contributed by atoms with Crippen LogP contribution in [0.25, 0.3) is 0 Å². The number of nitrogens with one attached hydrogen (secondary N) is 2. The zero-order valence-electron chi connectivity index (χ0n) is 9.37. The maximum atomic E-state index is 3.58. The number of hydrogen-bond donors (Lipinski definition) is 2. The summed E-state index contributed by atoms with van der Waals surface area (Å²) in [5.74, 6) is 0. The highest BCUT2D eigenvalue weighted by molar-refractivity contribution is 5.14. The molecule has 2 rings (SSSR count). The van der Waals surface area contributed by atoms with Crippen molar-refractivity contribution in [2.24, 2.45) is 0 Å². The Bertz CT molecular complexity index is 278. The molecular weight excluding hydrogens is 184 g/mol. The smallest absolute Gasteiger partial charge is 0.0219 e. The molecule has 0 amide bonds. The van der Waals surface area contributed by atoms with Crippen LogP contribution < -0.4 is 10.6 Å². The Morgan fingerprint density at radius 1 is 1.40 bits per heavy atom. The van der Waals surface area contributed by atoms with E-state index in [2.05, 4.69) is 47.9 Å². The summed E-state index contributed by atoms with van der Waals surface area (Å²) in [6.45, 7) is 4.42. The van der Waals surface area contributed by atoms with Crippen molar-refractivity contribution in [2.75, 3.05) is 6.54 Å². The van der Waals surface area contributed by atoms with Gasteiger partial charge in [0.05, 0.1) is 0 Å². The van der Waals surface area contributed by atoms with Crippen LogP contribution in [0, 0.1) is 0 Å². The predicted molar refractivity (Wildman–Crippen MR) is 63.8 cm³/mol. The van der Waals surface area contributed by atoms with Crippen molar-refractivity contribution >= 4 is 0 Å². The van der Waals surface area contributed by atoms with E-state index >= 15 is 0 Å². The maximum absolute atomic E-state index is 3.58. The fourth-order valence-corrected chi connectivity index (χ4v) is 2.16. The van der Waals surface area contributed by atoms with Gasteiger partial charge in [-0.1, -0.05) is 30.3 Å². The summed E-state index contributed by atoms with van der Waals surface area (Å²) in [5.41, 5.74) is 1.36. The van der Waals surface area contributed by atoms with E-state index in [1.807, 2.05) is 0 Å². The minimum atomic E-state index is 0.563. The van der Waals surface area contributed by atoms with Crippen molar-refractivity contribution in [3.8, 4) is 0 Å². The maximum Gasteiger partial charge on any atom is 0.0219 e. The molecular formula is C13H20N2. The number of rotatable bonds is 4. The van der Waals surface area contributed by atoms with Crippen LogP contribution in [0.4, 0.5) is 0 Å². The molecule has 0 radical (unpaired) electrons. The zero-order chi connectivity index (χ0) is 10.5. The molecule has 1 aliphatic heterocycles. The molecule has 1 saturated heterocycles. The van der Waals surface area contributed by atoms with Gasteiger partial charge in [-0.15, -0.1) is 0 Å². The lowest BCUT2D eigenvalue weighted by molar-refractivity contribution is 0.425. The highest BCUT2D eigenvalue weighted by Gasteiger charge is 2.19. The van der Waals surface area contributed by atoms with E-state index in [9.17, 15) is 0 Å². The largest absolute Gasteiger partial charge is 0.312 e. The lowest BCUT2D eigenvalue weighted by atomic mass is 10.1. The summed E-state index contributed by atoms with van der Waals surface area (Å²) in [5, 5.41) is 7.11. The van der Waals surface area contributed by atoms with Gasteiger partial charge >= 0.3 is 0 Å². The second kappa shape index (κ2) is 5.29. The standard InChI is InChI=1S/C13H20N2/c1-11(13-8-5-9-14-13)15-10-12-6-3-2-4-7-12/h2-4,6-7,11,13-15H,5,8-10H2,1H3. The monoisotopic (exact) mass is 204 g/mol. The average Bonchev–Trinajstić information content (AvgIpc) is 2.81. The average molecular weight is 204 g/mol. The van der Waals surface area contributed by atoms with E-state index in [1.54, 1.807) is 0 Å². The van der Waals surface area contributed by atoms with Gasteiger partial charge in [-0.2, -0.15) is 0 Å². The van der Waals surface area contributed by atoms with Crippen molar-refractivity contribution in [3.05, 3.63) is 35.9 Å².